The number of rotatable bonds is 13. The Morgan fingerprint density at radius 3 is 2.25 bits per heavy atom. The predicted octanol–water partition coefficient (Wildman–Crippen LogP) is 2.26. The van der Waals surface area contributed by atoms with Gasteiger partial charge >= 0.3 is 5.97 Å². The van der Waals surface area contributed by atoms with Crippen LogP contribution in [0.1, 0.15) is 58.8 Å². The van der Waals surface area contributed by atoms with E-state index in [4.69, 9.17) is 5.11 Å². The Kier molecular flexibility index (Phi) is 12.2. The fraction of sp³-hybridized carbons (Fsp3) is 0.867. The fourth-order valence-corrected chi connectivity index (χ4v) is 2.10. The van der Waals surface area contributed by atoms with Crippen LogP contribution in [0.5, 0.6) is 0 Å². The van der Waals surface area contributed by atoms with Gasteiger partial charge in [-0.15, -0.1) is 0 Å². The number of aliphatic carboxylic acids is 1. The van der Waals surface area contributed by atoms with Crippen molar-refractivity contribution in [3.8, 4) is 0 Å². The van der Waals surface area contributed by atoms with Crippen molar-refractivity contribution in [3.05, 3.63) is 0 Å². The molecule has 0 aromatic heterocycles. The van der Waals surface area contributed by atoms with E-state index in [2.05, 4.69) is 17.1 Å². The minimum Gasteiger partial charge on any atom is -0.481 e. The van der Waals surface area contributed by atoms with E-state index >= 15 is 0 Å². The average molecular weight is 286 g/mol. The van der Waals surface area contributed by atoms with Crippen LogP contribution < -0.4 is 5.32 Å². The summed E-state index contributed by atoms with van der Waals surface area (Å²) in [5.74, 6) is -0.760. The van der Waals surface area contributed by atoms with Crippen molar-refractivity contribution in [2.24, 2.45) is 0 Å². The van der Waals surface area contributed by atoms with E-state index in [0.717, 1.165) is 25.9 Å². The fourth-order valence-electron chi connectivity index (χ4n) is 2.10. The summed E-state index contributed by atoms with van der Waals surface area (Å²) in [6.07, 6.45) is 7.17. The van der Waals surface area contributed by atoms with E-state index in [9.17, 15) is 9.59 Å². The van der Waals surface area contributed by atoms with Crippen molar-refractivity contribution in [2.75, 3.05) is 26.2 Å². The largest absolute Gasteiger partial charge is 0.481 e. The molecule has 0 aromatic carbocycles. The average Bonchev–Trinajstić information content (AvgIpc) is 2.39. The molecule has 0 fully saturated rings. The van der Waals surface area contributed by atoms with Gasteiger partial charge in [-0.2, -0.15) is 0 Å². The second-order valence-electron chi connectivity index (χ2n) is 5.24. The molecular formula is C15H30N2O3. The standard InChI is InChI=1S/C15H30N2O3/c1-3-4-5-6-7-11-17(13-9-15(19)20)12-8-10-16-14(2)18/h3-13H2,1-2H3,(H,16,18)(H,19,20). The third-order valence-electron chi connectivity index (χ3n) is 3.24. The minimum absolute atomic E-state index is 0.0124. The lowest BCUT2D eigenvalue weighted by atomic mass is 10.1. The molecule has 0 saturated heterocycles. The second-order valence-corrected chi connectivity index (χ2v) is 5.24. The molecule has 1 amide bonds. The van der Waals surface area contributed by atoms with Crippen LogP contribution in [0.4, 0.5) is 0 Å². The van der Waals surface area contributed by atoms with Crippen LogP contribution in [0.25, 0.3) is 0 Å². The summed E-state index contributed by atoms with van der Waals surface area (Å²) in [7, 11) is 0. The molecule has 0 bridgehead atoms. The van der Waals surface area contributed by atoms with Gasteiger partial charge in [-0.1, -0.05) is 32.6 Å². The monoisotopic (exact) mass is 286 g/mol. The normalized spacial score (nSPS) is 10.8. The molecule has 0 aliphatic heterocycles. The molecule has 0 atom stereocenters. The second kappa shape index (κ2) is 12.9. The zero-order valence-corrected chi connectivity index (χ0v) is 13.0. The molecule has 118 valence electrons. The number of hydrogen-bond donors (Lipinski definition) is 2. The number of carboxylic acids is 1. The molecule has 2 N–H and O–H groups in total. The Balaban J connectivity index is 3.81. The quantitative estimate of drug-likeness (QED) is 0.510. The van der Waals surface area contributed by atoms with Crippen molar-refractivity contribution in [1.29, 1.82) is 0 Å². The smallest absolute Gasteiger partial charge is 0.304 e. The van der Waals surface area contributed by atoms with Crippen molar-refractivity contribution < 1.29 is 14.7 Å². The zero-order chi connectivity index (χ0) is 15.2. The molecule has 0 heterocycles. The maximum absolute atomic E-state index is 10.8. The van der Waals surface area contributed by atoms with Crippen LogP contribution in [0.15, 0.2) is 0 Å². The highest BCUT2D eigenvalue weighted by Gasteiger charge is 2.07. The number of nitrogens with zero attached hydrogens (tertiary/aromatic N) is 1. The summed E-state index contributed by atoms with van der Waals surface area (Å²) in [5, 5.41) is 11.5. The van der Waals surface area contributed by atoms with Crippen molar-refractivity contribution in [3.63, 3.8) is 0 Å². The summed E-state index contributed by atoms with van der Waals surface area (Å²) < 4.78 is 0. The highest BCUT2D eigenvalue weighted by Crippen LogP contribution is 2.05. The molecular weight excluding hydrogens is 256 g/mol. The van der Waals surface area contributed by atoms with Crippen LogP contribution in [-0.2, 0) is 9.59 Å². The lowest BCUT2D eigenvalue weighted by Gasteiger charge is -2.21. The Hall–Kier alpha value is -1.10. The SMILES string of the molecule is CCCCCCCN(CCCNC(C)=O)CCC(=O)O. The predicted molar refractivity (Wildman–Crippen MR) is 80.8 cm³/mol. The maximum Gasteiger partial charge on any atom is 0.304 e. The van der Waals surface area contributed by atoms with Gasteiger partial charge in [0.05, 0.1) is 6.42 Å². The highest BCUT2D eigenvalue weighted by atomic mass is 16.4. The van der Waals surface area contributed by atoms with Gasteiger partial charge in [-0.05, 0) is 25.9 Å². The number of carbonyl (C=O) groups excluding carboxylic acids is 1. The number of unbranched alkanes of at least 4 members (excludes halogenated alkanes) is 4. The molecule has 0 aliphatic carbocycles. The van der Waals surface area contributed by atoms with Gasteiger partial charge < -0.3 is 15.3 Å². The van der Waals surface area contributed by atoms with Gasteiger partial charge in [0.15, 0.2) is 0 Å². The van der Waals surface area contributed by atoms with Gasteiger partial charge in [0.1, 0.15) is 0 Å². The van der Waals surface area contributed by atoms with E-state index in [1.165, 1.54) is 32.6 Å². The van der Waals surface area contributed by atoms with Gasteiger partial charge in [0.2, 0.25) is 5.91 Å². The van der Waals surface area contributed by atoms with Crippen LogP contribution in [0.2, 0.25) is 0 Å². The highest BCUT2D eigenvalue weighted by molar-refractivity contribution is 5.72. The number of hydrogen-bond acceptors (Lipinski definition) is 3. The topological polar surface area (TPSA) is 69.6 Å². The maximum atomic E-state index is 10.8. The van der Waals surface area contributed by atoms with E-state index in [0.29, 0.717) is 13.1 Å². The van der Waals surface area contributed by atoms with Gasteiger partial charge in [0.25, 0.3) is 0 Å². The summed E-state index contributed by atoms with van der Waals surface area (Å²) >= 11 is 0. The number of nitrogens with one attached hydrogen (secondary N) is 1. The van der Waals surface area contributed by atoms with Gasteiger partial charge in [-0.25, -0.2) is 0 Å². The first-order valence-electron chi connectivity index (χ1n) is 7.74. The Bertz CT molecular complexity index is 270. The first-order valence-corrected chi connectivity index (χ1v) is 7.74. The molecule has 0 unspecified atom stereocenters. The molecule has 0 radical (unpaired) electrons. The molecule has 5 heteroatoms. The Labute approximate surface area is 122 Å². The first kappa shape index (κ1) is 18.9. The minimum atomic E-state index is -0.747. The van der Waals surface area contributed by atoms with Crippen LogP contribution in [-0.4, -0.2) is 48.1 Å². The first-order chi connectivity index (χ1) is 9.56. The zero-order valence-electron chi connectivity index (χ0n) is 13.0. The van der Waals surface area contributed by atoms with E-state index in [1.807, 2.05) is 0 Å². The van der Waals surface area contributed by atoms with E-state index < -0.39 is 5.97 Å². The van der Waals surface area contributed by atoms with E-state index in [1.54, 1.807) is 0 Å². The molecule has 5 nitrogen and oxygen atoms in total. The number of carbonyl (C=O) groups is 2. The van der Waals surface area contributed by atoms with Crippen molar-refractivity contribution >= 4 is 11.9 Å². The molecule has 0 saturated carbocycles. The summed E-state index contributed by atoms with van der Waals surface area (Å²) in [5.41, 5.74) is 0. The van der Waals surface area contributed by atoms with E-state index in [-0.39, 0.29) is 12.3 Å². The Morgan fingerprint density at radius 2 is 1.65 bits per heavy atom. The third-order valence-corrected chi connectivity index (χ3v) is 3.24. The third kappa shape index (κ3) is 13.3. The molecule has 0 spiro atoms. The Morgan fingerprint density at radius 1 is 1.00 bits per heavy atom. The number of carboxylic acid groups (broad SMARTS) is 1. The molecule has 0 aliphatic rings. The summed E-state index contributed by atoms with van der Waals surface area (Å²) in [6, 6.07) is 0. The van der Waals surface area contributed by atoms with Crippen LogP contribution >= 0.6 is 0 Å². The van der Waals surface area contributed by atoms with Gasteiger partial charge in [-0.3, -0.25) is 9.59 Å². The molecule has 0 aromatic rings. The molecule has 20 heavy (non-hydrogen) atoms. The molecule has 0 rings (SSSR count). The van der Waals surface area contributed by atoms with Gasteiger partial charge in [0, 0.05) is 20.0 Å². The lowest BCUT2D eigenvalue weighted by molar-refractivity contribution is -0.137. The summed E-state index contributed by atoms with van der Waals surface area (Å²) in [6.45, 7) is 6.77. The summed E-state index contributed by atoms with van der Waals surface area (Å²) in [4.78, 5) is 23.6. The lowest BCUT2D eigenvalue weighted by Crippen LogP contribution is -2.31. The van der Waals surface area contributed by atoms with Crippen LogP contribution in [0, 0.1) is 0 Å². The van der Waals surface area contributed by atoms with Crippen molar-refractivity contribution in [2.45, 2.75) is 58.8 Å². The van der Waals surface area contributed by atoms with Crippen molar-refractivity contribution in [1.82, 2.24) is 10.2 Å². The number of amides is 1. The van der Waals surface area contributed by atoms with Crippen LogP contribution in [0.3, 0.4) is 0 Å².